The third-order valence-electron chi connectivity index (χ3n) is 1.54. The van der Waals surface area contributed by atoms with Gasteiger partial charge in [0.2, 0.25) is 0 Å². The number of aryl methyl sites for hydroxylation is 1. The minimum Gasteiger partial charge on any atom is -0.358 e. The topological polar surface area (TPSA) is 61.0 Å². The van der Waals surface area contributed by atoms with Crippen molar-refractivity contribution < 1.29 is 4.92 Å². The van der Waals surface area contributed by atoms with Crippen LogP contribution in [0.1, 0.15) is 6.92 Å². The lowest BCUT2D eigenvalue weighted by molar-refractivity contribution is -0.390. The molecule has 5 nitrogen and oxygen atoms in total. The molecule has 0 spiro atoms. The van der Waals surface area contributed by atoms with Crippen LogP contribution in [0.4, 0.5) is 5.82 Å². The van der Waals surface area contributed by atoms with Crippen molar-refractivity contribution in [1.29, 1.82) is 0 Å². The first-order valence-corrected chi connectivity index (χ1v) is 6.05. The third kappa shape index (κ3) is 2.98. The number of nitro groups is 1. The molecule has 14 heavy (non-hydrogen) atoms. The molecule has 0 radical (unpaired) electrons. The molecule has 1 heterocycles. The molecule has 1 aromatic rings. The van der Waals surface area contributed by atoms with E-state index in [2.05, 4.69) is 28.0 Å². The summed E-state index contributed by atoms with van der Waals surface area (Å²) >= 11 is 4.88. The van der Waals surface area contributed by atoms with Crippen LogP contribution in [-0.2, 0) is 6.54 Å². The minimum atomic E-state index is -0.493. The number of aromatic nitrogens is 2. The lowest BCUT2D eigenvalue weighted by Crippen LogP contribution is -2.01. The highest BCUT2D eigenvalue weighted by atomic mass is 79.9. The Morgan fingerprint density at radius 2 is 2.50 bits per heavy atom. The van der Waals surface area contributed by atoms with Crippen molar-refractivity contribution in [2.75, 3.05) is 11.5 Å². The van der Waals surface area contributed by atoms with E-state index in [4.69, 9.17) is 0 Å². The maximum absolute atomic E-state index is 10.5. The van der Waals surface area contributed by atoms with Gasteiger partial charge in [0.15, 0.2) is 0 Å². The van der Waals surface area contributed by atoms with Gasteiger partial charge in [0.25, 0.3) is 0 Å². The van der Waals surface area contributed by atoms with Crippen molar-refractivity contribution in [3.63, 3.8) is 0 Å². The van der Waals surface area contributed by atoms with Crippen LogP contribution in [0.25, 0.3) is 0 Å². The van der Waals surface area contributed by atoms with Crippen LogP contribution < -0.4 is 0 Å². The van der Waals surface area contributed by atoms with Crippen LogP contribution in [0.15, 0.2) is 10.7 Å². The van der Waals surface area contributed by atoms with Crippen molar-refractivity contribution in [1.82, 2.24) is 9.78 Å². The number of hydrogen-bond donors (Lipinski definition) is 0. The van der Waals surface area contributed by atoms with Crippen molar-refractivity contribution in [2.45, 2.75) is 13.5 Å². The van der Waals surface area contributed by atoms with E-state index >= 15 is 0 Å². The fraction of sp³-hybridized carbons (Fsp3) is 0.571. The largest absolute Gasteiger partial charge is 0.404 e. The minimum absolute atomic E-state index is 0.119. The van der Waals surface area contributed by atoms with Crippen LogP contribution in [0.5, 0.6) is 0 Å². The fourth-order valence-electron chi connectivity index (χ4n) is 0.928. The molecule has 0 atom stereocenters. The predicted octanol–water partition coefficient (Wildman–Crippen LogP) is 2.31. The van der Waals surface area contributed by atoms with Gasteiger partial charge in [0, 0.05) is 5.75 Å². The first-order chi connectivity index (χ1) is 6.65. The van der Waals surface area contributed by atoms with Gasteiger partial charge in [0.05, 0.1) is 17.8 Å². The van der Waals surface area contributed by atoms with Gasteiger partial charge in [-0.1, -0.05) is 6.92 Å². The molecule has 0 saturated carbocycles. The number of thioether (sulfide) groups is 1. The average Bonchev–Trinajstić information content (AvgIpc) is 2.47. The van der Waals surface area contributed by atoms with Crippen LogP contribution in [0.2, 0.25) is 0 Å². The first-order valence-electron chi connectivity index (χ1n) is 4.10. The van der Waals surface area contributed by atoms with Crippen molar-refractivity contribution in [3.8, 4) is 0 Å². The smallest absolute Gasteiger partial charge is 0.358 e. The zero-order chi connectivity index (χ0) is 10.6. The highest BCUT2D eigenvalue weighted by molar-refractivity contribution is 9.10. The Bertz CT molecular complexity index is 329. The van der Waals surface area contributed by atoms with Gasteiger partial charge < -0.3 is 10.1 Å². The van der Waals surface area contributed by atoms with Gasteiger partial charge >= 0.3 is 5.82 Å². The maximum atomic E-state index is 10.5. The summed E-state index contributed by atoms with van der Waals surface area (Å²) in [4.78, 5) is 9.97. The quantitative estimate of drug-likeness (QED) is 0.471. The molecule has 78 valence electrons. The molecular weight excluding hydrogens is 270 g/mol. The Balaban J connectivity index is 2.62. The van der Waals surface area contributed by atoms with Gasteiger partial charge in [-0.2, -0.15) is 16.4 Å². The molecule has 0 saturated heterocycles. The van der Waals surface area contributed by atoms with Gasteiger partial charge in [-0.05, 0) is 26.6 Å². The molecule has 0 amide bonds. The molecule has 0 aliphatic heterocycles. The van der Waals surface area contributed by atoms with E-state index in [1.807, 2.05) is 0 Å². The van der Waals surface area contributed by atoms with E-state index in [9.17, 15) is 10.1 Å². The Morgan fingerprint density at radius 1 is 1.79 bits per heavy atom. The number of hydrogen-bond acceptors (Lipinski definition) is 4. The molecule has 0 fully saturated rings. The van der Waals surface area contributed by atoms with Crippen LogP contribution in [-0.4, -0.2) is 26.2 Å². The Labute approximate surface area is 94.1 Å². The summed E-state index contributed by atoms with van der Waals surface area (Å²) < 4.78 is 2.02. The Morgan fingerprint density at radius 3 is 3.00 bits per heavy atom. The van der Waals surface area contributed by atoms with Crippen LogP contribution in [0.3, 0.4) is 0 Å². The molecule has 0 unspecified atom stereocenters. The summed E-state index contributed by atoms with van der Waals surface area (Å²) in [5, 5.41) is 14.3. The summed E-state index contributed by atoms with van der Waals surface area (Å²) in [5.74, 6) is 1.85. The Hall–Kier alpha value is -0.560. The molecule has 0 aliphatic carbocycles. The number of halogens is 1. The lowest BCUT2D eigenvalue weighted by atomic mass is 10.6. The molecule has 0 aliphatic rings. The van der Waals surface area contributed by atoms with E-state index in [0.717, 1.165) is 11.5 Å². The average molecular weight is 280 g/mol. The predicted molar refractivity (Wildman–Crippen MR) is 59.6 cm³/mol. The van der Waals surface area contributed by atoms with E-state index < -0.39 is 4.92 Å². The van der Waals surface area contributed by atoms with E-state index in [-0.39, 0.29) is 5.82 Å². The van der Waals surface area contributed by atoms with Crippen molar-refractivity contribution >= 4 is 33.5 Å². The van der Waals surface area contributed by atoms with E-state index in [0.29, 0.717) is 11.0 Å². The highest BCUT2D eigenvalue weighted by Gasteiger charge is 2.17. The van der Waals surface area contributed by atoms with Gasteiger partial charge in [-0.15, -0.1) is 0 Å². The van der Waals surface area contributed by atoms with Crippen molar-refractivity contribution in [2.24, 2.45) is 0 Å². The zero-order valence-corrected chi connectivity index (χ0v) is 10.0. The summed E-state index contributed by atoms with van der Waals surface area (Å²) in [5.41, 5.74) is 0. The van der Waals surface area contributed by atoms with Gasteiger partial charge in [0.1, 0.15) is 4.47 Å². The molecular formula is C7H10BrN3O2S. The second-order valence-corrected chi connectivity index (χ2v) is 4.77. The summed E-state index contributed by atoms with van der Waals surface area (Å²) in [6.07, 6.45) is 1.63. The van der Waals surface area contributed by atoms with Gasteiger partial charge in [-0.25, -0.2) is 0 Å². The van der Waals surface area contributed by atoms with Crippen LogP contribution in [0, 0.1) is 10.1 Å². The molecule has 0 N–H and O–H groups in total. The zero-order valence-electron chi connectivity index (χ0n) is 7.64. The maximum Gasteiger partial charge on any atom is 0.404 e. The molecule has 7 heteroatoms. The van der Waals surface area contributed by atoms with Crippen molar-refractivity contribution in [3.05, 3.63) is 20.8 Å². The summed E-state index contributed by atoms with van der Waals surface area (Å²) in [7, 11) is 0. The second kappa shape index (κ2) is 5.35. The standard InChI is InChI=1S/C7H10BrN3O2S/c1-2-14-4-3-10-5-6(8)7(9-10)11(12)13/h5H,2-4H2,1H3. The summed E-state index contributed by atoms with van der Waals surface area (Å²) in [6.45, 7) is 2.77. The van der Waals surface area contributed by atoms with Gasteiger partial charge in [-0.3, -0.25) is 0 Å². The SMILES string of the molecule is CCSCCn1cc(Br)c([N+](=O)[O-])n1. The van der Waals surface area contributed by atoms with E-state index in [1.54, 1.807) is 22.6 Å². The molecule has 1 aromatic heterocycles. The monoisotopic (exact) mass is 279 g/mol. The lowest BCUT2D eigenvalue weighted by Gasteiger charge is -1.94. The second-order valence-electron chi connectivity index (χ2n) is 2.52. The van der Waals surface area contributed by atoms with Crippen LogP contribution >= 0.6 is 27.7 Å². The first kappa shape index (κ1) is 11.5. The number of nitrogens with zero attached hydrogens (tertiary/aromatic N) is 3. The third-order valence-corrected chi connectivity index (χ3v) is 2.98. The fourth-order valence-corrected chi connectivity index (χ4v) is 1.99. The molecule has 1 rings (SSSR count). The molecule has 0 bridgehead atoms. The van der Waals surface area contributed by atoms with E-state index in [1.165, 1.54) is 0 Å². The normalized spacial score (nSPS) is 10.4. The molecule has 0 aromatic carbocycles. The summed E-state index contributed by atoms with van der Waals surface area (Å²) in [6, 6.07) is 0. The highest BCUT2D eigenvalue weighted by Crippen LogP contribution is 2.22. The number of rotatable bonds is 5. The Kier molecular flexibility index (Phi) is 4.40.